The Bertz CT molecular complexity index is 558. The fourth-order valence-corrected chi connectivity index (χ4v) is 6.25. The van der Waals surface area contributed by atoms with Gasteiger partial charge in [0.1, 0.15) is 0 Å². The lowest BCUT2D eigenvalue weighted by atomic mass is 10.1. The molecule has 0 N–H and O–H groups in total. The molecule has 1 unspecified atom stereocenters. The lowest BCUT2D eigenvalue weighted by Crippen LogP contribution is -2.41. The molecule has 40 heavy (non-hydrogen) atoms. The molecule has 0 amide bonds. The van der Waals surface area contributed by atoms with Crippen LogP contribution < -0.4 is 4.89 Å². The molecular formula is C34H72NO4P. The molecule has 0 rings (SSSR count). The second kappa shape index (κ2) is 29.2. The van der Waals surface area contributed by atoms with Gasteiger partial charge < -0.3 is 18.4 Å². The molecule has 0 saturated carbocycles. The van der Waals surface area contributed by atoms with Crippen molar-refractivity contribution in [1.29, 1.82) is 0 Å². The summed E-state index contributed by atoms with van der Waals surface area (Å²) in [5.74, 6) is 0. The summed E-state index contributed by atoms with van der Waals surface area (Å²) in [4.78, 5) is 11.9. The third kappa shape index (κ3) is 31.0. The fraction of sp³-hybridized carbons (Fsp3) is 1.00. The molecule has 0 aromatic heterocycles. The molecule has 5 nitrogen and oxygen atoms in total. The standard InChI is InChI=1S/C34H72NO4P/c1-5-7-9-11-13-15-16-19-23-27-31-35(3,4)32-28-24-20-17-18-22-26-30-34-39-40(36,37)38-33-29-25-21-14-12-10-8-6-2/h5-34H2,1-4H3. The van der Waals surface area contributed by atoms with Gasteiger partial charge in [-0.3, -0.25) is 4.57 Å². The second-order valence-electron chi connectivity index (χ2n) is 13.0. The van der Waals surface area contributed by atoms with Crippen LogP contribution in [-0.2, 0) is 13.6 Å². The molecule has 1 atom stereocenters. The van der Waals surface area contributed by atoms with Gasteiger partial charge >= 0.3 is 0 Å². The fourth-order valence-electron chi connectivity index (χ4n) is 5.47. The van der Waals surface area contributed by atoms with Gasteiger partial charge in [0, 0.05) is 0 Å². The van der Waals surface area contributed by atoms with Gasteiger partial charge in [0.05, 0.1) is 40.4 Å². The van der Waals surface area contributed by atoms with E-state index < -0.39 is 7.82 Å². The smallest absolute Gasteiger partial charge is 0.267 e. The molecule has 0 aromatic rings. The third-order valence-electron chi connectivity index (χ3n) is 8.27. The lowest BCUT2D eigenvalue weighted by Gasteiger charge is -2.30. The first-order valence-corrected chi connectivity index (χ1v) is 19.2. The van der Waals surface area contributed by atoms with Crippen LogP contribution in [-0.4, -0.2) is 44.9 Å². The zero-order valence-corrected chi connectivity index (χ0v) is 28.6. The van der Waals surface area contributed by atoms with Gasteiger partial charge in [-0.1, -0.05) is 142 Å². The number of phosphoric ester groups is 1. The Morgan fingerprint density at radius 1 is 0.450 bits per heavy atom. The molecule has 0 radical (unpaired) electrons. The van der Waals surface area contributed by atoms with Gasteiger partial charge in [-0.15, -0.1) is 0 Å². The summed E-state index contributed by atoms with van der Waals surface area (Å²) >= 11 is 0. The summed E-state index contributed by atoms with van der Waals surface area (Å²) < 4.78 is 23.1. The average Bonchev–Trinajstić information content (AvgIpc) is 2.91. The number of hydrogen-bond acceptors (Lipinski definition) is 4. The number of hydrogen-bond donors (Lipinski definition) is 0. The average molecular weight is 590 g/mol. The SMILES string of the molecule is CCCCCCCCCCCC[N+](C)(C)CCCCCCCCCCOP(=O)([O-])OCCCCCCCCCC. The molecule has 0 aliphatic rings. The Morgan fingerprint density at radius 2 is 0.700 bits per heavy atom. The van der Waals surface area contributed by atoms with Crippen LogP contribution in [0.25, 0.3) is 0 Å². The van der Waals surface area contributed by atoms with Crippen LogP contribution in [0.3, 0.4) is 0 Å². The van der Waals surface area contributed by atoms with E-state index in [1.807, 2.05) is 0 Å². The summed E-state index contributed by atoms with van der Waals surface area (Å²) in [5.41, 5.74) is 0. The van der Waals surface area contributed by atoms with E-state index in [4.69, 9.17) is 9.05 Å². The van der Waals surface area contributed by atoms with E-state index >= 15 is 0 Å². The third-order valence-corrected chi connectivity index (χ3v) is 9.27. The Labute approximate surface area is 251 Å². The van der Waals surface area contributed by atoms with Gasteiger partial charge in [0.15, 0.2) is 0 Å². The van der Waals surface area contributed by atoms with Crippen molar-refractivity contribution in [2.24, 2.45) is 0 Å². The topological polar surface area (TPSA) is 58.6 Å². The maximum Gasteiger partial charge on any atom is 0.267 e. The van der Waals surface area contributed by atoms with Crippen molar-refractivity contribution in [3.63, 3.8) is 0 Å². The number of quaternary nitrogens is 1. The van der Waals surface area contributed by atoms with Crippen molar-refractivity contribution in [3.05, 3.63) is 0 Å². The van der Waals surface area contributed by atoms with Gasteiger partial charge in [-0.25, -0.2) is 0 Å². The van der Waals surface area contributed by atoms with Crippen molar-refractivity contribution in [1.82, 2.24) is 0 Å². The zero-order chi connectivity index (χ0) is 29.6. The Hall–Kier alpha value is 0.0700. The van der Waals surface area contributed by atoms with Crippen LogP contribution in [0.5, 0.6) is 0 Å². The number of phosphoric acid groups is 1. The van der Waals surface area contributed by atoms with Crippen molar-refractivity contribution in [2.75, 3.05) is 40.4 Å². The predicted octanol–water partition coefficient (Wildman–Crippen LogP) is 10.7. The lowest BCUT2D eigenvalue weighted by molar-refractivity contribution is -0.890. The first-order chi connectivity index (χ1) is 19.3. The minimum Gasteiger partial charge on any atom is -0.756 e. The minimum atomic E-state index is -4.12. The Kier molecular flexibility index (Phi) is 29.2. The molecule has 0 aliphatic carbocycles. The van der Waals surface area contributed by atoms with Gasteiger partial charge in [-0.2, -0.15) is 0 Å². The van der Waals surface area contributed by atoms with Crippen molar-refractivity contribution < 1.29 is 23.0 Å². The van der Waals surface area contributed by atoms with Crippen LogP contribution in [0.2, 0.25) is 0 Å². The summed E-state index contributed by atoms with van der Waals surface area (Å²) in [6.07, 6.45) is 33.0. The van der Waals surface area contributed by atoms with Crippen LogP contribution in [0.1, 0.15) is 181 Å². The summed E-state index contributed by atoms with van der Waals surface area (Å²) in [7, 11) is 0.681. The highest BCUT2D eigenvalue weighted by molar-refractivity contribution is 7.45. The predicted molar refractivity (Wildman–Crippen MR) is 173 cm³/mol. The van der Waals surface area contributed by atoms with Crippen molar-refractivity contribution in [2.45, 2.75) is 181 Å². The van der Waals surface area contributed by atoms with Crippen LogP contribution in [0.15, 0.2) is 0 Å². The van der Waals surface area contributed by atoms with E-state index in [0.717, 1.165) is 38.5 Å². The van der Waals surface area contributed by atoms with Gasteiger partial charge in [0.2, 0.25) is 0 Å². The van der Waals surface area contributed by atoms with E-state index in [1.165, 1.54) is 146 Å². The molecule has 0 fully saturated rings. The largest absolute Gasteiger partial charge is 0.756 e. The molecule has 0 bridgehead atoms. The number of unbranched alkanes of at least 4 members (excludes halogenated alkanes) is 23. The normalized spacial score (nSPS) is 13.6. The first kappa shape index (κ1) is 40.1. The van der Waals surface area contributed by atoms with E-state index in [9.17, 15) is 9.46 Å². The molecule has 0 aliphatic heterocycles. The molecule has 0 aromatic carbocycles. The quantitative estimate of drug-likeness (QED) is 0.0434. The highest BCUT2D eigenvalue weighted by Crippen LogP contribution is 2.38. The van der Waals surface area contributed by atoms with Gasteiger partial charge in [0.25, 0.3) is 7.82 Å². The van der Waals surface area contributed by atoms with Crippen molar-refractivity contribution in [3.8, 4) is 0 Å². The highest BCUT2D eigenvalue weighted by atomic mass is 31.2. The maximum atomic E-state index is 11.9. The molecule has 0 spiro atoms. The Morgan fingerprint density at radius 3 is 1.00 bits per heavy atom. The highest BCUT2D eigenvalue weighted by Gasteiger charge is 2.13. The summed E-state index contributed by atoms with van der Waals surface area (Å²) in [6, 6.07) is 0. The minimum absolute atomic E-state index is 0.254. The van der Waals surface area contributed by atoms with E-state index in [-0.39, 0.29) is 13.2 Å². The number of nitrogens with zero attached hydrogens (tertiary/aromatic N) is 1. The summed E-state index contributed by atoms with van der Waals surface area (Å²) in [5, 5.41) is 0. The molecule has 242 valence electrons. The molecule has 0 saturated heterocycles. The zero-order valence-electron chi connectivity index (χ0n) is 27.7. The van der Waals surface area contributed by atoms with Crippen LogP contribution in [0, 0.1) is 0 Å². The summed E-state index contributed by atoms with van der Waals surface area (Å²) in [6.45, 7) is 7.64. The Balaban J connectivity index is 3.44. The van der Waals surface area contributed by atoms with Crippen molar-refractivity contribution >= 4 is 7.82 Å². The van der Waals surface area contributed by atoms with E-state index in [1.54, 1.807) is 0 Å². The van der Waals surface area contributed by atoms with Crippen LogP contribution in [0.4, 0.5) is 0 Å². The molecule has 0 heterocycles. The monoisotopic (exact) mass is 590 g/mol. The van der Waals surface area contributed by atoms with Gasteiger partial charge in [-0.05, 0) is 38.5 Å². The van der Waals surface area contributed by atoms with Crippen LogP contribution >= 0.6 is 7.82 Å². The van der Waals surface area contributed by atoms with E-state index in [0.29, 0.717) is 0 Å². The molecule has 6 heteroatoms. The number of rotatable bonds is 33. The second-order valence-corrected chi connectivity index (χ2v) is 14.4. The molecular weight excluding hydrogens is 517 g/mol. The van der Waals surface area contributed by atoms with E-state index in [2.05, 4.69) is 27.9 Å². The maximum absolute atomic E-state index is 11.9. The first-order valence-electron chi connectivity index (χ1n) is 17.7.